The maximum absolute atomic E-state index is 12.2. The van der Waals surface area contributed by atoms with Crippen LogP contribution in [0, 0.1) is 0 Å². The number of amides is 3. The van der Waals surface area contributed by atoms with E-state index < -0.39 is 12.1 Å². The Hall–Kier alpha value is -1.18. The summed E-state index contributed by atoms with van der Waals surface area (Å²) in [6, 6.07) is -1.43. The van der Waals surface area contributed by atoms with Crippen LogP contribution in [0.15, 0.2) is 0 Å². The molecule has 0 saturated carbocycles. The van der Waals surface area contributed by atoms with Crippen molar-refractivity contribution < 1.29 is 19.1 Å². The van der Waals surface area contributed by atoms with E-state index in [0.29, 0.717) is 13.2 Å². The Morgan fingerprint density at radius 2 is 2.10 bits per heavy atom. The molecule has 3 atom stereocenters. The first-order chi connectivity index (χ1) is 9.41. The van der Waals surface area contributed by atoms with Crippen LogP contribution in [0.5, 0.6) is 0 Å². The number of nitrogens with zero attached hydrogens (tertiary/aromatic N) is 1. The highest BCUT2D eigenvalue weighted by Crippen LogP contribution is 2.16. The van der Waals surface area contributed by atoms with Crippen LogP contribution in [-0.2, 0) is 19.1 Å². The summed E-state index contributed by atoms with van der Waals surface area (Å²) >= 11 is 0. The summed E-state index contributed by atoms with van der Waals surface area (Å²) < 4.78 is 5.40. The average molecular weight is 320 g/mol. The van der Waals surface area contributed by atoms with Crippen molar-refractivity contribution in [2.45, 2.75) is 51.4 Å². The maximum atomic E-state index is 12.2. The number of morpholine rings is 1. The summed E-state index contributed by atoms with van der Waals surface area (Å²) in [5.74, 6) is -0.868. The second-order valence-corrected chi connectivity index (χ2v) is 5.47. The Bertz CT molecular complexity index is 430. The molecule has 0 bridgehead atoms. The van der Waals surface area contributed by atoms with Crippen LogP contribution in [0.2, 0.25) is 0 Å². The molecule has 2 saturated heterocycles. The molecule has 2 aliphatic heterocycles. The number of imide groups is 1. The fourth-order valence-electron chi connectivity index (χ4n) is 2.60. The normalized spacial score (nSPS) is 29.5. The van der Waals surface area contributed by atoms with Crippen molar-refractivity contribution in [1.29, 1.82) is 0 Å². The first-order valence-electron chi connectivity index (χ1n) is 6.93. The molecule has 8 heteroatoms. The first kappa shape index (κ1) is 17.9. The second kappa shape index (κ2) is 7.20. The zero-order chi connectivity index (χ0) is 14.9. The van der Waals surface area contributed by atoms with Crippen LogP contribution in [-0.4, -0.2) is 60.0 Å². The number of carbonyl (C=O) groups excluding carboxylic acids is 3. The van der Waals surface area contributed by atoms with Gasteiger partial charge in [0.15, 0.2) is 0 Å². The van der Waals surface area contributed by atoms with Crippen LogP contribution in [0.1, 0.15) is 27.2 Å². The molecule has 120 valence electrons. The van der Waals surface area contributed by atoms with Gasteiger partial charge in [0, 0.05) is 12.6 Å². The minimum absolute atomic E-state index is 0. The number of carbonyl (C=O) groups is 3. The fraction of sp³-hybridized carbons (Fsp3) is 0.769. The van der Waals surface area contributed by atoms with Crippen molar-refractivity contribution in [2.75, 3.05) is 13.2 Å². The zero-order valence-electron chi connectivity index (χ0n) is 12.4. The third kappa shape index (κ3) is 3.72. The van der Waals surface area contributed by atoms with Crippen LogP contribution in [0.3, 0.4) is 0 Å². The van der Waals surface area contributed by atoms with Crippen LogP contribution < -0.4 is 10.6 Å². The third-order valence-corrected chi connectivity index (χ3v) is 3.61. The molecule has 21 heavy (non-hydrogen) atoms. The lowest BCUT2D eigenvalue weighted by atomic mass is 10.1. The molecule has 2 heterocycles. The predicted octanol–water partition coefficient (Wildman–Crippen LogP) is -0.563. The zero-order valence-corrected chi connectivity index (χ0v) is 13.2. The van der Waals surface area contributed by atoms with Crippen molar-refractivity contribution in [2.24, 2.45) is 0 Å². The summed E-state index contributed by atoms with van der Waals surface area (Å²) in [4.78, 5) is 37.2. The number of halogens is 1. The van der Waals surface area contributed by atoms with Crippen molar-refractivity contribution in [3.05, 3.63) is 0 Å². The van der Waals surface area contributed by atoms with E-state index in [-0.39, 0.29) is 48.7 Å². The minimum atomic E-state index is -0.756. The van der Waals surface area contributed by atoms with Gasteiger partial charge in [-0.15, -0.1) is 12.4 Å². The minimum Gasteiger partial charge on any atom is -0.375 e. The van der Waals surface area contributed by atoms with Gasteiger partial charge in [0.2, 0.25) is 11.8 Å². The van der Waals surface area contributed by atoms with Crippen molar-refractivity contribution >= 4 is 30.1 Å². The van der Waals surface area contributed by atoms with E-state index in [0.717, 1.165) is 0 Å². The molecule has 2 aliphatic rings. The third-order valence-electron chi connectivity index (χ3n) is 3.61. The van der Waals surface area contributed by atoms with E-state index in [2.05, 4.69) is 10.6 Å². The first-order valence-corrected chi connectivity index (χ1v) is 6.93. The maximum Gasteiger partial charge on any atom is 0.252 e. The van der Waals surface area contributed by atoms with E-state index in [4.69, 9.17) is 4.74 Å². The summed E-state index contributed by atoms with van der Waals surface area (Å²) in [6.07, 6.45) is -0.220. The van der Waals surface area contributed by atoms with Gasteiger partial charge in [-0.3, -0.25) is 19.3 Å². The number of ether oxygens (including phenoxy) is 1. The smallest absolute Gasteiger partial charge is 0.252 e. The summed E-state index contributed by atoms with van der Waals surface area (Å²) in [7, 11) is 0. The molecule has 1 unspecified atom stereocenters. The van der Waals surface area contributed by atoms with Crippen molar-refractivity contribution in [3.63, 3.8) is 0 Å². The summed E-state index contributed by atoms with van der Waals surface area (Å²) in [6.45, 7) is 6.51. The summed E-state index contributed by atoms with van der Waals surface area (Å²) in [5.41, 5.74) is 0. The van der Waals surface area contributed by atoms with Crippen molar-refractivity contribution in [3.8, 4) is 0 Å². The molecular weight excluding hydrogens is 298 g/mol. The number of hydrogen-bond acceptors (Lipinski definition) is 5. The van der Waals surface area contributed by atoms with E-state index in [1.807, 2.05) is 0 Å². The van der Waals surface area contributed by atoms with Crippen LogP contribution >= 0.6 is 12.4 Å². The number of nitrogens with one attached hydrogen (secondary N) is 2. The predicted molar refractivity (Wildman–Crippen MR) is 78.0 cm³/mol. The van der Waals surface area contributed by atoms with E-state index in [9.17, 15) is 14.4 Å². The Morgan fingerprint density at radius 3 is 2.62 bits per heavy atom. The second-order valence-electron chi connectivity index (χ2n) is 5.47. The lowest BCUT2D eigenvalue weighted by molar-refractivity contribution is -0.142. The van der Waals surface area contributed by atoms with Gasteiger partial charge in [-0.05, 0) is 20.8 Å². The number of likely N-dealkylation sites (tertiary alicyclic amines) is 1. The Balaban J connectivity index is 0.00000220. The molecule has 2 rings (SSSR count). The Morgan fingerprint density at radius 1 is 1.43 bits per heavy atom. The molecule has 0 spiro atoms. The fourth-order valence-corrected chi connectivity index (χ4v) is 2.60. The van der Waals surface area contributed by atoms with Gasteiger partial charge in [0.05, 0.1) is 19.1 Å². The molecule has 2 fully saturated rings. The van der Waals surface area contributed by atoms with E-state index in [1.54, 1.807) is 20.8 Å². The van der Waals surface area contributed by atoms with E-state index in [1.165, 1.54) is 4.90 Å². The van der Waals surface area contributed by atoms with Gasteiger partial charge >= 0.3 is 0 Å². The highest BCUT2D eigenvalue weighted by atomic mass is 35.5. The molecular formula is C13H22ClN3O4. The monoisotopic (exact) mass is 319 g/mol. The topological polar surface area (TPSA) is 87.7 Å². The highest BCUT2D eigenvalue weighted by Gasteiger charge is 2.42. The molecule has 2 N–H and O–H groups in total. The lowest BCUT2D eigenvalue weighted by Gasteiger charge is -2.30. The quantitative estimate of drug-likeness (QED) is 0.681. The summed E-state index contributed by atoms with van der Waals surface area (Å²) in [5, 5.41) is 5.71. The highest BCUT2D eigenvalue weighted by molar-refractivity contribution is 6.07. The molecule has 0 aromatic rings. The standard InChI is InChI=1S/C13H21N3O4.ClH/c1-7(2)16-10(17)6-9(13(16)19)15-12(18)11-8(3)20-5-4-14-11;/h7-9,11,14H,4-6H2,1-3H3,(H,15,18);1H/t8-,9?,11+;/m1./s1. The van der Waals surface area contributed by atoms with Crippen molar-refractivity contribution in [1.82, 2.24) is 15.5 Å². The largest absolute Gasteiger partial charge is 0.375 e. The van der Waals surface area contributed by atoms with E-state index >= 15 is 0 Å². The molecule has 3 amide bonds. The number of rotatable bonds is 3. The van der Waals surface area contributed by atoms with Gasteiger partial charge in [-0.1, -0.05) is 0 Å². The Labute approximate surface area is 130 Å². The average Bonchev–Trinajstić information content (AvgIpc) is 2.64. The molecule has 7 nitrogen and oxygen atoms in total. The SMILES string of the molecule is CC(C)N1C(=O)CC(NC(=O)[C@H]2NCCO[C@@H]2C)C1=O.Cl. The lowest BCUT2D eigenvalue weighted by Crippen LogP contribution is -2.58. The van der Waals surface area contributed by atoms with Gasteiger partial charge in [-0.2, -0.15) is 0 Å². The number of hydrogen-bond donors (Lipinski definition) is 2. The van der Waals surface area contributed by atoms with Crippen LogP contribution in [0.4, 0.5) is 0 Å². The van der Waals surface area contributed by atoms with Gasteiger partial charge in [0.25, 0.3) is 5.91 Å². The molecule has 0 aromatic carbocycles. The van der Waals surface area contributed by atoms with Crippen LogP contribution in [0.25, 0.3) is 0 Å². The Kier molecular flexibility index (Phi) is 6.12. The van der Waals surface area contributed by atoms with Gasteiger partial charge < -0.3 is 15.4 Å². The molecule has 0 aliphatic carbocycles. The van der Waals surface area contributed by atoms with Gasteiger partial charge in [0.1, 0.15) is 12.1 Å². The van der Waals surface area contributed by atoms with Gasteiger partial charge in [-0.25, -0.2) is 0 Å². The molecule has 0 aromatic heterocycles. The molecule has 0 radical (unpaired) electrons.